The Morgan fingerprint density at radius 2 is 1.78 bits per heavy atom. The fraction of sp³-hybridized carbons (Fsp3) is 0.385. The first-order chi connectivity index (χ1) is 8.38. The van der Waals surface area contributed by atoms with Crippen molar-refractivity contribution in [3.05, 3.63) is 28.8 Å². The molecule has 2 N–H and O–H groups in total. The lowest BCUT2D eigenvalue weighted by Crippen LogP contribution is -2.37. The summed E-state index contributed by atoms with van der Waals surface area (Å²) in [6.45, 7) is 5.85. The van der Waals surface area contributed by atoms with Crippen LogP contribution in [0.15, 0.2) is 12.1 Å². The van der Waals surface area contributed by atoms with Gasteiger partial charge in [0.15, 0.2) is 0 Å². The van der Waals surface area contributed by atoms with Crippen LogP contribution >= 0.6 is 0 Å². The van der Waals surface area contributed by atoms with Crippen LogP contribution in [0, 0.1) is 13.8 Å². The molecule has 0 heterocycles. The van der Waals surface area contributed by atoms with Crippen molar-refractivity contribution in [2.24, 2.45) is 0 Å². The van der Waals surface area contributed by atoms with Crippen molar-refractivity contribution < 1.29 is 14.7 Å². The summed E-state index contributed by atoms with van der Waals surface area (Å²) in [6.07, 6.45) is 0. The molecule has 1 rings (SSSR count). The molecule has 5 heteroatoms. The highest BCUT2D eigenvalue weighted by molar-refractivity contribution is 5.95. The fourth-order valence-corrected chi connectivity index (χ4v) is 1.86. The van der Waals surface area contributed by atoms with Gasteiger partial charge < -0.3 is 10.4 Å². The number of aryl methyl sites for hydroxylation is 2. The molecule has 0 spiro atoms. The van der Waals surface area contributed by atoms with Gasteiger partial charge in [-0.1, -0.05) is 0 Å². The second kappa shape index (κ2) is 5.53. The minimum absolute atomic E-state index is 0.209. The molecule has 18 heavy (non-hydrogen) atoms. The van der Waals surface area contributed by atoms with E-state index in [1.54, 1.807) is 33.0 Å². The minimum Gasteiger partial charge on any atom is -0.478 e. The second-order valence-corrected chi connectivity index (χ2v) is 4.15. The quantitative estimate of drug-likeness (QED) is 0.863. The Kier molecular flexibility index (Phi) is 4.31. The van der Waals surface area contributed by atoms with Crippen LogP contribution in [0.5, 0.6) is 0 Å². The summed E-state index contributed by atoms with van der Waals surface area (Å²) in [7, 11) is 1.65. The number of benzene rings is 1. The van der Waals surface area contributed by atoms with Crippen LogP contribution in [0.25, 0.3) is 0 Å². The molecule has 1 aromatic rings. The third kappa shape index (κ3) is 2.80. The molecule has 0 saturated heterocycles. The number of amides is 2. The molecule has 0 aliphatic heterocycles. The first-order valence-electron chi connectivity index (χ1n) is 5.74. The molecule has 1 aromatic carbocycles. The Bertz CT molecular complexity index is 460. The van der Waals surface area contributed by atoms with Crippen molar-refractivity contribution in [2.45, 2.75) is 20.8 Å². The molecule has 2 amide bonds. The molecule has 5 nitrogen and oxygen atoms in total. The van der Waals surface area contributed by atoms with Crippen LogP contribution in [-0.2, 0) is 0 Å². The molecular formula is C13H18N2O3. The normalized spacial score (nSPS) is 10.0. The van der Waals surface area contributed by atoms with Crippen LogP contribution in [0.2, 0.25) is 0 Å². The summed E-state index contributed by atoms with van der Waals surface area (Å²) in [5, 5.41) is 11.8. The molecule has 0 aromatic heterocycles. The number of carbonyl (C=O) groups is 2. The minimum atomic E-state index is -0.947. The van der Waals surface area contributed by atoms with E-state index in [-0.39, 0.29) is 6.03 Å². The summed E-state index contributed by atoms with van der Waals surface area (Å²) in [5.41, 5.74) is 2.27. The first-order valence-corrected chi connectivity index (χ1v) is 5.74. The standard InChI is InChI=1S/C13H18N2O3/c1-5-14-13(18)15(4)10-6-8(2)11(12(16)17)9(3)7-10/h6-7H,5H2,1-4H3,(H,14,18)(H,16,17). The zero-order valence-corrected chi connectivity index (χ0v) is 11.1. The molecule has 0 bridgehead atoms. The van der Waals surface area contributed by atoms with Gasteiger partial charge in [-0.3, -0.25) is 4.90 Å². The Labute approximate surface area is 106 Å². The lowest BCUT2D eigenvalue weighted by atomic mass is 10.0. The van der Waals surface area contributed by atoms with Crippen LogP contribution in [0.4, 0.5) is 10.5 Å². The highest BCUT2D eigenvalue weighted by atomic mass is 16.4. The number of hydrogen-bond acceptors (Lipinski definition) is 2. The molecule has 0 saturated carbocycles. The SMILES string of the molecule is CCNC(=O)N(C)c1cc(C)c(C(=O)O)c(C)c1. The average molecular weight is 250 g/mol. The highest BCUT2D eigenvalue weighted by Gasteiger charge is 2.15. The van der Waals surface area contributed by atoms with Crippen LogP contribution in [-0.4, -0.2) is 30.7 Å². The number of rotatable bonds is 3. The van der Waals surface area contributed by atoms with E-state index in [1.807, 2.05) is 6.92 Å². The van der Waals surface area contributed by atoms with Crippen molar-refractivity contribution >= 4 is 17.7 Å². The van der Waals surface area contributed by atoms with E-state index in [2.05, 4.69) is 5.32 Å². The fourth-order valence-electron chi connectivity index (χ4n) is 1.86. The molecule has 0 aliphatic rings. The summed E-state index contributed by atoms with van der Waals surface area (Å²) in [4.78, 5) is 24.2. The van der Waals surface area contributed by atoms with E-state index in [4.69, 9.17) is 5.11 Å². The van der Waals surface area contributed by atoms with Crippen molar-refractivity contribution in [3.63, 3.8) is 0 Å². The number of aromatic carboxylic acids is 1. The maximum atomic E-state index is 11.7. The Morgan fingerprint density at radius 3 is 2.17 bits per heavy atom. The van der Waals surface area contributed by atoms with E-state index in [0.717, 1.165) is 0 Å². The second-order valence-electron chi connectivity index (χ2n) is 4.15. The number of carboxylic acids is 1. The van der Waals surface area contributed by atoms with E-state index in [0.29, 0.717) is 28.9 Å². The zero-order chi connectivity index (χ0) is 13.9. The summed E-state index contributed by atoms with van der Waals surface area (Å²) < 4.78 is 0. The van der Waals surface area contributed by atoms with Gasteiger partial charge >= 0.3 is 12.0 Å². The van der Waals surface area contributed by atoms with Gasteiger partial charge in [-0.05, 0) is 44.0 Å². The summed E-state index contributed by atoms with van der Waals surface area (Å²) in [6, 6.07) is 3.19. The van der Waals surface area contributed by atoms with Gasteiger partial charge in [0.25, 0.3) is 0 Å². The maximum Gasteiger partial charge on any atom is 0.336 e. The number of anilines is 1. The predicted octanol–water partition coefficient (Wildman–Crippen LogP) is 2.17. The van der Waals surface area contributed by atoms with Gasteiger partial charge in [0.2, 0.25) is 0 Å². The molecule has 98 valence electrons. The number of carboxylic acid groups (broad SMARTS) is 1. The third-order valence-electron chi connectivity index (χ3n) is 2.75. The van der Waals surface area contributed by atoms with Crippen LogP contribution < -0.4 is 10.2 Å². The van der Waals surface area contributed by atoms with E-state index in [1.165, 1.54) is 4.90 Å². The topological polar surface area (TPSA) is 69.6 Å². The van der Waals surface area contributed by atoms with Crippen molar-refractivity contribution in [2.75, 3.05) is 18.5 Å². The largest absolute Gasteiger partial charge is 0.478 e. The molecular weight excluding hydrogens is 232 g/mol. The number of carbonyl (C=O) groups excluding carboxylic acids is 1. The van der Waals surface area contributed by atoms with Crippen molar-refractivity contribution in [3.8, 4) is 0 Å². The number of urea groups is 1. The average Bonchev–Trinajstić information content (AvgIpc) is 2.26. The molecule has 0 atom stereocenters. The van der Waals surface area contributed by atoms with Crippen molar-refractivity contribution in [1.82, 2.24) is 5.32 Å². The van der Waals surface area contributed by atoms with Gasteiger partial charge in [0.05, 0.1) is 5.56 Å². The Balaban J connectivity index is 3.14. The summed E-state index contributed by atoms with van der Waals surface area (Å²) >= 11 is 0. The molecule has 0 fully saturated rings. The van der Waals surface area contributed by atoms with Gasteiger partial charge in [0.1, 0.15) is 0 Å². The maximum absolute atomic E-state index is 11.7. The summed E-state index contributed by atoms with van der Waals surface area (Å²) in [5.74, 6) is -0.947. The van der Waals surface area contributed by atoms with Crippen LogP contribution in [0.1, 0.15) is 28.4 Å². The number of nitrogens with zero attached hydrogens (tertiary/aromatic N) is 1. The highest BCUT2D eigenvalue weighted by Crippen LogP contribution is 2.22. The molecule has 0 radical (unpaired) electrons. The lowest BCUT2D eigenvalue weighted by molar-refractivity contribution is 0.0695. The smallest absolute Gasteiger partial charge is 0.336 e. The monoisotopic (exact) mass is 250 g/mol. The lowest BCUT2D eigenvalue weighted by Gasteiger charge is -2.19. The zero-order valence-electron chi connectivity index (χ0n) is 11.1. The van der Waals surface area contributed by atoms with Crippen molar-refractivity contribution in [1.29, 1.82) is 0 Å². The number of nitrogens with one attached hydrogen (secondary N) is 1. The van der Waals surface area contributed by atoms with Gasteiger partial charge in [-0.15, -0.1) is 0 Å². The molecule has 0 aliphatic carbocycles. The Hall–Kier alpha value is -2.04. The van der Waals surface area contributed by atoms with Gasteiger partial charge in [0, 0.05) is 19.3 Å². The van der Waals surface area contributed by atoms with E-state index in [9.17, 15) is 9.59 Å². The van der Waals surface area contributed by atoms with Crippen LogP contribution in [0.3, 0.4) is 0 Å². The van der Waals surface area contributed by atoms with Gasteiger partial charge in [-0.25, -0.2) is 9.59 Å². The predicted molar refractivity (Wildman–Crippen MR) is 70.4 cm³/mol. The molecule has 0 unspecified atom stereocenters. The number of hydrogen-bond donors (Lipinski definition) is 2. The Morgan fingerprint density at radius 1 is 1.28 bits per heavy atom. The van der Waals surface area contributed by atoms with E-state index < -0.39 is 5.97 Å². The first kappa shape index (κ1) is 14.0. The third-order valence-corrected chi connectivity index (χ3v) is 2.75. The van der Waals surface area contributed by atoms with Gasteiger partial charge in [-0.2, -0.15) is 0 Å². The van der Waals surface area contributed by atoms with E-state index >= 15 is 0 Å².